The van der Waals surface area contributed by atoms with Crippen LogP contribution < -0.4 is 5.56 Å². The summed E-state index contributed by atoms with van der Waals surface area (Å²) in [5, 5.41) is 2.71. The van der Waals surface area contributed by atoms with Gasteiger partial charge < -0.3 is 4.74 Å². The van der Waals surface area contributed by atoms with Crippen molar-refractivity contribution in [1.82, 2.24) is 23.8 Å². The number of halogens is 1. The van der Waals surface area contributed by atoms with Crippen LogP contribution in [-0.4, -0.2) is 71.0 Å². The molecule has 31 heavy (non-hydrogen) atoms. The lowest BCUT2D eigenvalue weighted by atomic mass is 10.3. The van der Waals surface area contributed by atoms with E-state index in [0.717, 1.165) is 11.3 Å². The highest BCUT2D eigenvalue weighted by atomic mass is 35.5. The van der Waals surface area contributed by atoms with Gasteiger partial charge in [-0.05, 0) is 19.1 Å². The van der Waals surface area contributed by atoms with E-state index >= 15 is 0 Å². The van der Waals surface area contributed by atoms with Gasteiger partial charge in [0.15, 0.2) is 5.65 Å². The molecular formula is C18H20ClN5O5S2. The van der Waals surface area contributed by atoms with Gasteiger partial charge in [0, 0.05) is 45.0 Å². The predicted octanol–water partition coefficient (Wildman–Crippen LogP) is 1.42. The first-order valence-electron chi connectivity index (χ1n) is 9.54. The van der Waals surface area contributed by atoms with Crippen molar-refractivity contribution >= 4 is 44.6 Å². The molecule has 3 aromatic heterocycles. The molecule has 1 aliphatic rings. The van der Waals surface area contributed by atoms with Crippen LogP contribution in [-0.2, 0) is 21.3 Å². The molecule has 1 saturated heterocycles. The first-order chi connectivity index (χ1) is 14.8. The van der Waals surface area contributed by atoms with E-state index in [1.54, 1.807) is 13.0 Å². The molecule has 0 aliphatic carbocycles. The Morgan fingerprint density at radius 1 is 1.29 bits per heavy atom. The van der Waals surface area contributed by atoms with Crippen LogP contribution in [0.2, 0.25) is 4.34 Å². The number of thiophene rings is 1. The second-order valence-electron chi connectivity index (χ2n) is 6.89. The Kier molecular flexibility index (Phi) is 6.17. The number of hydrogen-bond acceptors (Lipinski definition) is 8. The number of aromatic nitrogens is 3. The van der Waals surface area contributed by atoms with E-state index in [4.69, 9.17) is 16.3 Å². The van der Waals surface area contributed by atoms with Crippen LogP contribution in [0.3, 0.4) is 0 Å². The zero-order valence-corrected chi connectivity index (χ0v) is 19.0. The number of H-pyrrole nitrogens is 1. The highest BCUT2D eigenvalue weighted by molar-refractivity contribution is 7.91. The summed E-state index contributed by atoms with van der Waals surface area (Å²) in [6, 6.07) is 4.48. The minimum atomic E-state index is -3.57. The largest absolute Gasteiger partial charge is 0.462 e. The minimum absolute atomic E-state index is 0.186. The fourth-order valence-electron chi connectivity index (χ4n) is 3.39. The summed E-state index contributed by atoms with van der Waals surface area (Å²) in [6.45, 7) is 3.87. The number of carbonyl (C=O) groups excluding carboxylic acids is 1. The van der Waals surface area contributed by atoms with Crippen LogP contribution in [0.1, 0.15) is 23.0 Å². The molecule has 1 N–H and O–H groups in total. The van der Waals surface area contributed by atoms with E-state index in [9.17, 15) is 18.0 Å². The third kappa shape index (κ3) is 4.39. The van der Waals surface area contributed by atoms with Crippen LogP contribution in [0.15, 0.2) is 33.4 Å². The molecule has 4 heterocycles. The summed E-state index contributed by atoms with van der Waals surface area (Å²) in [5.41, 5.74) is 0.547. The van der Waals surface area contributed by atoms with Crippen molar-refractivity contribution in [3.63, 3.8) is 0 Å². The van der Waals surface area contributed by atoms with Gasteiger partial charge in [0.1, 0.15) is 9.77 Å². The highest BCUT2D eigenvalue weighted by Crippen LogP contribution is 2.28. The van der Waals surface area contributed by atoms with Crippen LogP contribution >= 0.6 is 22.9 Å². The standard InChI is InChI=1S/C18H20ClN5O5S2/c1-2-29-18(26)13-10-20-24-15(25)9-12(21-17(13)24)11-22-5-7-23(8-6-22)31(27,28)16-4-3-14(19)30-16/h3-4,9-10,20H,2,5-8,11H2,1H3. The second kappa shape index (κ2) is 8.71. The SMILES string of the molecule is CCOC(=O)c1c[nH]n2c(=O)cc(CN3CCN(S(=O)(=O)c4ccc(Cl)s4)CC3)nc12. The van der Waals surface area contributed by atoms with Crippen LogP contribution in [0.25, 0.3) is 5.65 Å². The van der Waals surface area contributed by atoms with Crippen molar-refractivity contribution in [3.8, 4) is 0 Å². The molecule has 0 unspecified atom stereocenters. The number of sulfonamides is 1. The van der Waals surface area contributed by atoms with Gasteiger partial charge in [0.05, 0.1) is 16.6 Å². The van der Waals surface area contributed by atoms with Gasteiger partial charge in [-0.1, -0.05) is 11.6 Å². The Morgan fingerprint density at radius 3 is 2.68 bits per heavy atom. The average molecular weight is 486 g/mol. The molecule has 0 saturated carbocycles. The molecule has 0 amide bonds. The summed E-state index contributed by atoms with van der Waals surface area (Å²) >= 11 is 6.91. The first-order valence-corrected chi connectivity index (χ1v) is 12.2. The summed E-state index contributed by atoms with van der Waals surface area (Å²) in [7, 11) is -3.57. The number of aromatic amines is 1. The van der Waals surface area contributed by atoms with Crippen molar-refractivity contribution in [3.05, 3.63) is 50.3 Å². The van der Waals surface area contributed by atoms with E-state index in [1.165, 1.54) is 27.2 Å². The van der Waals surface area contributed by atoms with Crippen molar-refractivity contribution in [2.75, 3.05) is 32.8 Å². The van der Waals surface area contributed by atoms with Crippen LogP contribution in [0, 0.1) is 0 Å². The molecular weight excluding hydrogens is 466 g/mol. The van der Waals surface area contributed by atoms with Gasteiger partial charge >= 0.3 is 5.97 Å². The van der Waals surface area contributed by atoms with E-state index in [0.29, 0.717) is 42.8 Å². The number of carbonyl (C=O) groups is 1. The zero-order chi connectivity index (χ0) is 22.2. The molecule has 0 spiro atoms. The lowest BCUT2D eigenvalue weighted by molar-refractivity contribution is 0.0528. The lowest BCUT2D eigenvalue weighted by Crippen LogP contribution is -2.48. The van der Waals surface area contributed by atoms with Gasteiger partial charge in [0.25, 0.3) is 15.6 Å². The molecule has 3 aromatic rings. The van der Waals surface area contributed by atoms with Gasteiger partial charge in [-0.25, -0.2) is 22.7 Å². The Hall–Kier alpha value is -2.25. The van der Waals surface area contributed by atoms with Crippen LogP contribution in [0.4, 0.5) is 0 Å². The monoisotopic (exact) mass is 485 g/mol. The number of rotatable bonds is 6. The Morgan fingerprint density at radius 2 is 2.03 bits per heavy atom. The number of esters is 1. The first kappa shape index (κ1) is 22.0. The smallest absolute Gasteiger partial charge is 0.343 e. The molecule has 10 nitrogen and oxygen atoms in total. The molecule has 0 atom stereocenters. The Bertz CT molecular complexity index is 1270. The van der Waals surface area contributed by atoms with Crippen molar-refractivity contribution in [2.24, 2.45) is 0 Å². The predicted molar refractivity (Wildman–Crippen MR) is 115 cm³/mol. The number of hydrogen-bond donors (Lipinski definition) is 1. The van der Waals surface area contributed by atoms with Gasteiger partial charge in [-0.3, -0.25) is 14.8 Å². The number of fused-ring (bicyclic) bond motifs is 1. The van der Waals surface area contributed by atoms with E-state index in [-0.39, 0.29) is 27.6 Å². The normalized spacial score (nSPS) is 16.1. The number of nitrogens with one attached hydrogen (secondary N) is 1. The molecule has 166 valence electrons. The van der Waals surface area contributed by atoms with Gasteiger partial charge in [0.2, 0.25) is 0 Å². The third-order valence-electron chi connectivity index (χ3n) is 4.91. The molecule has 1 fully saturated rings. The summed E-state index contributed by atoms with van der Waals surface area (Å²) in [6.07, 6.45) is 1.39. The summed E-state index contributed by atoms with van der Waals surface area (Å²) < 4.78 is 33.8. The Balaban J connectivity index is 1.48. The number of nitrogens with zero attached hydrogens (tertiary/aromatic N) is 4. The molecule has 4 rings (SSSR count). The molecule has 0 radical (unpaired) electrons. The van der Waals surface area contributed by atoms with Crippen molar-refractivity contribution < 1.29 is 17.9 Å². The number of ether oxygens (including phenoxy) is 1. The molecule has 0 aromatic carbocycles. The average Bonchev–Trinajstić information content (AvgIpc) is 3.36. The maximum Gasteiger partial charge on any atom is 0.343 e. The molecule has 13 heteroatoms. The molecule has 0 bridgehead atoms. The lowest BCUT2D eigenvalue weighted by Gasteiger charge is -2.33. The van der Waals surface area contributed by atoms with Gasteiger partial charge in [-0.15, -0.1) is 11.3 Å². The fraction of sp³-hybridized carbons (Fsp3) is 0.389. The third-order valence-corrected chi connectivity index (χ3v) is 8.50. The quantitative estimate of drug-likeness (QED) is 0.525. The zero-order valence-electron chi connectivity index (χ0n) is 16.6. The maximum absolute atomic E-state index is 12.7. The van der Waals surface area contributed by atoms with E-state index < -0.39 is 16.0 Å². The summed E-state index contributed by atoms with van der Waals surface area (Å²) in [5.74, 6) is -0.558. The van der Waals surface area contributed by atoms with Gasteiger partial charge in [-0.2, -0.15) is 4.31 Å². The van der Waals surface area contributed by atoms with Crippen LogP contribution in [0.5, 0.6) is 0 Å². The topological polar surface area (TPSA) is 117 Å². The minimum Gasteiger partial charge on any atom is -0.462 e. The van der Waals surface area contributed by atoms with Crippen molar-refractivity contribution in [2.45, 2.75) is 17.7 Å². The molecule has 1 aliphatic heterocycles. The highest BCUT2D eigenvalue weighted by Gasteiger charge is 2.30. The van der Waals surface area contributed by atoms with E-state index in [1.807, 2.05) is 4.90 Å². The Labute approximate surface area is 187 Å². The summed E-state index contributed by atoms with van der Waals surface area (Å²) in [4.78, 5) is 31.0. The second-order valence-corrected chi connectivity index (χ2v) is 10.8. The number of piperazine rings is 1. The fourth-order valence-corrected chi connectivity index (χ4v) is 6.45. The van der Waals surface area contributed by atoms with E-state index in [2.05, 4.69) is 10.1 Å². The maximum atomic E-state index is 12.7. The van der Waals surface area contributed by atoms with Crippen molar-refractivity contribution in [1.29, 1.82) is 0 Å².